The second-order valence-corrected chi connectivity index (χ2v) is 5.59. The molecule has 0 aliphatic rings. The van der Waals surface area contributed by atoms with Gasteiger partial charge in [0.25, 0.3) is 5.91 Å². The molecule has 0 bridgehead atoms. The highest BCUT2D eigenvalue weighted by Crippen LogP contribution is 2.19. The van der Waals surface area contributed by atoms with E-state index in [4.69, 9.17) is 0 Å². The number of phenols is 1. The zero-order chi connectivity index (χ0) is 16.4. The van der Waals surface area contributed by atoms with E-state index < -0.39 is 0 Å². The summed E-state index contributed by atoms with van der Waals surface area (Å²) in [4.78, 5) is 17.3. The number of aromatic hydroxyl groups is 1. The molecule has 0 aliphatic heterocycles. The van der Waals surface area contributed by atoms with Gasteiger partial charge in [-0.2, -0.15) is 0 Å². The molecular weight excluding hydrogens is 290 g/mol. The average Bonchev–Trinajstić information content (AvgIpc) is 2.87. The lowest BCUT2D eigenvalue weighted by atomic mass is 10.2. The van der Waals surface area contributed by atoms with E-state index in [1.807, 2.05) is 29.7 Å². The van der Waals surface area contributed by atoms with Gasteiger partial charge in [-0.05, 0) is 49.2 Å². The molecule has 0 fully saturated rings. The summed E-state index contributed by atoms with van der Waals surface area (Å²) in [6.07, 6.45) is 3.59. The summed E-state index contributed by atoms with van der Waals surface area (Å²) in [5.74, 6) is -0.0302. The van der Waals surface area contributed by atoms with Crippen LogP contribution in [0.25, 0.3) is 5.65 Å². The van der Waals surface area contributed by atoms with E-state index in [-0.39, 0.29) is 11.7 Å². The predicted octanol–water partition coefficient (Wildman–Crippen LogP) is 3.55. The molecule has 0 radical (unpaired) electrons. The summed E-state index contributed by atoms with van der Waals surface area (Å²) in [5.41, 5.74) is 3.84. The van der Waals surface area contributed by atoms with Crippen LogP contribution in [0.15, 0.2) is 42.6 Å². The number of hydrogen-bond acceptors (Lipinski definition) is 3. The van der Waals surface area contributed by atoms with E-state index >= 15 is 0 Å². The van der Waals surface area contributed by atoms with Crippen molar-refractivity contribution < 1.29 is 9.90 Å². The third-order valence-electron chi connectivity index (χ3n) is 3.67. The van der Waals surface area contributed by atoms with Gasteiger partial charge in [0.05, 0.1) is 5.69 Å². The number of carbonyl (C=O) groups is 1. The molecule has 1 amide bonds. The number of rotatable bonds is 4. The molecule has 3 rings (SSSR count). The van der Waals surface area contributed by atoms with Gasteiger partial charge in [-0.3, -0.25) is 9.20 Å². The van der Waals surface area contributed by atoms with Crippen molar-refractivity contribution in [2.75, 3.05) is 5.32 Å². The summed E-state index contributed by atoms with van der Waals surface area (Å²) in [6, 6.07) is 10.3. The number of aryl methyl sites for hydroxylation is 2. The van der Waals surface area contributed by atoms with Crippen molar-refractivity contribution in [2.24, 2.45) is 0 Å². The topological polar surface area (TPSA) is 66.6 Å². The zero-order valence-corrected chi connectivity index (χ0v) is 13.2. The standard InChI is InChI=1S/C18H19N3O2/c1-3-4-15-17(21-11-12(2)5-10-16(21)20-15)18(23)19-13-6-8-14(22)9-7-13/h5-11,22H,3-4H2,1-2H3,(H,19,23). The molecule has 0 saturated heterocycles. The molecule has 3 aromatic rings. The molecule has 0 unspecified atom stereocenters. The fraction of sp³-hybridized carbons (Fsp3) is 0.222. The second-order valence-electron chi connectivity index (χ2n) is 5.59. The number of benzene rings is 1. The highest BCUT2D eigenvalue weighted by Gasteiger charge is 2.19. The summed E-state index contributed by atoms with van der Waals surface area (Å²) in [5, 5.41) is 12.2. The monoisotopic (exact) mass is 309 g/mol. The molecule has 0 saturated carbocycles. The maximum Gasteiger partial charge on any atom is 0.274 e. The van der Waals surface area contributed by atoms with E-state index in [0.717, 1.165) is 29.7 Å². The number of anilines is 1. The molecule has 0 spiro atoms. The Morgan fingerprint density at radius 2 is 1.96 bits per heavy atom. The van der Waals surface area contributed by atoms with E-state index in [9.17, 15) is 9.90 Å². The molecule has 118 valence electrons. The highest BCUT2D eigenvalue weighted by molar-refractivity contribution is 6.04. The molecule has 2 heterocycles. The average molecular weight is 309 g/mol. The zero-order valence-electron chi connectivity index (χ0n) is 13.2. The van der Waals surface area contributed by atoms with Gasteiger partial charge in [0, 0.05) is 11.9 Å². The van der Waals surface area contributed by atoms with Crippen LogP contribution in [0.2, 0.25) is 0 Å². The first kappa shape index (κ1) is 15.1. The Labute approximate surface area is 134 Å². The second kappa shape index (κ2) is 6.12. The Hall–Kier alpha value is -2.82. The van der Waals surface area contributed by atoms with Crippen LogP contribution in [0.3, 0.4) is 0 Å². The SMILES string of the molecule is CCCc1nc2ccc(C)cn2c1C(=O)Nc1ccc(O)cc1. The first-order chi connectivity index (χ1) is 11.1. The van der Waals surface area contributed by atoms with Crippen LogP contribution in [0.4, 0.5) is 5.69 Å². The van der Waals surface area contributed by atoms with Crippen molar-refractivity contribution in [3.8, 4) is 5.75 Å². The number of imidazole rings is 1. The van der Waals surface area contributed by atoms with Gasteiger partial charge in [-0.1, -0.05) is 19.4 Å². The van der Waals surface area contributed by atoms with Crippen LogP contribution in [-0.4, -0.2) is 20.4 Å². The van der Waals surface area contributed by atoms with Crippen molar-refractivity contribution >= 4 is 17.2 Å². The molecule has 5 heteroatoms. The number of nitrogens with one attached hydrogen (secondary N) is 1. The van der Waals surface area contributed by atoms with Gasteiger partial charge in [-0.15, -0.1) is 0 Å². The Bertz CT molecular complexity index is 851. The van der Waals surface area contributed by atoms with Crippen LogP contribution >= 0.6 is 0 Å². The van der Waals surface area contributed by atoms with Crippen LogP contribution in [0.5, 0.6) is 5.75 Å². The fourth-order valence-electron chi connectivity index (χ4n) is 2.59. The normalized spacial score (nSPS) is 10.9. The summed E-state index contributed by atoms with van der Waals surface area (Å²) < 4.78 is 1.84. The number of pyridine rings is 1. The number of hydrogen-bond donors (Lipinski definition) is 2. The number of nitrogens with zero attached hydrogens (tertiary/aromatic N) is 2. The number of fused-ring (bicyclic) bond motifs is 1. The number of phenolic OH excluding ortho intramolecular Hbond substituents is 1. The van der Waals surface area contributed by atoms with Gasteiger partial charge < -0.3 is 10.4 Å². The largest absolute Gasteiger partial charge is 0.508 e. The maximum absolute atomic E-state index is 12.7. The Kier molecular flexibility index (Phi) is 4.02. The Balaban J connectivity index is 2.02. The first-order valence-corrected chi connectivity index (χ1v) is 7.66. The summed E-state index contributed by atoms with van der Waals surface area (Å²) in [6.45, 7) is 4.05. The van der Waals surface area contributed by atoms with E-state index in [0.29, 0.717) is 11.4 Å². The molecule has 2 aromatic heterocycles. The Morgan fingerprint density at radius 1 is 1.22 bits per heavy atom. The molecular formula is C18H19N3O2. The van der Waals surface area contributed by atoms with Gasteiger partial charge in [-0.25, -0.2) is 4.98 Å². The summed E-state index contributed by atoms with van der Waals surface area (Å²) in [7, 11) is 0. The Morgan fingerprint density at radius 3 is 2.65 bits per heavy atom. The first-order valence-electron chi connectivity index (χ1n) is 7.66. The minimum Gasteiger partial charge on any atom is -0.508 e. The van der Waals surface area contributed by atoms with Crippen molar-refractivity contribution in [1.29, 1.82) is 0 Å². The minimum absolute atomic E-state index is 0.167. The maximum atomic E-state index is 12.7. The highest BCUT2D eigenvalue weighted by atomic mass is 16.3. The van der Waals surface area contributed by atoms with Crippen molar-refractivity contribution in [3.05, 3.63) is 59.5 Å². The lowest BCUT2D eigenvalue weighted by molar-refractivity contribution is 0.102. The van der Waals surface area contributed by atoms with Gasteiger partial charge in [0.15, 0.2) is 0 Å². The van der Waals surface area contributed by atoms with Crippen LogP contribution < -0.4 is 5.32 Å². The minimum atomic E-state index is -0.197. The van der Waals surface area contributed by atoms with Crippen LogP contribution in [0.1, 0.15) is 35.1 Å². The lowest BCUT2D eigenvalue weighted by Gasteiger charge is -2.07. The van der Waals surface area contributed by atoms with Crippen LogP contribution in [-0.2, 0) is 6.42 Å². The van der Waals surface area contributed by atoms with Gasteiger partial charge in [0.1, 0.15) is 17.1 Å². The number of amides is 1. The smallest absolute Gasteiger partial charge is 0.274 e. The van der Waals surface area contributed by atoms with E-state index in [1.165, 1.54) is 0 Å². The van der Waals surface area contributed by atoms with Crippen molar-refractivity contribution in [3.63, 3.8) is 0 Å². The molecule has 5 nitrogen and oxygen atoms in total. The number of aromatic nitrogens is 2. The predicted molar refractivity (Wildman–Crippen MR) is 90.0 cm³/mol. The fourth-order valence-corrected chi connectivity index (χ4v) is 2.59. The molecule has 23 heavy (non-hydrogen) atoms. The van der Waals surface area contributed by atoms with E-state index in [1.54, 1.807) is 24.3 Å². The third-order valence-corrected chi connectivity index (χ3v) is 3.67. The van der Waals surface area contributed by atoms with E-state index in [2.05, 4.69) is 17.2 Å². The molecule has 0 atom stereocenters. The molecule has 2 N–H and O–H groups in total. The quantitative estimate of drug-likeness (QED) is 0.724. The van der Waals surface area contributed by atoms with Crippen molar-refractivity contribution in [2.45, 2.75) is 26.7 Å². The summed E-state index contributed by atoms with van der Waals surface area (Å²) >= 11 is 0. The lowest BCUT2D eigenvalue weighted by Crippen LogP contribution is -2.16. The third kappa shape index (κ3) is 3.04. The van der Waals surface area contributed by atoms with Crippen LogP contribution in [0, 0.1) is 6.92 Å². The van der Waals surface area contributed by atoms with Gasteiger partial charge in [0.2, 0.25) is 0 Å². The molecule has 0 aliphatic carbocycles. The number of carbonyl (C=O) groups excluding carboxylic acids is 1. The molecule has 1 aromatic carbocycles. The van der Waals surface area contributed by atoms with Crippen molar-refractivity contribution in [1.82, 2.24) is 9.38 Å². The van der Waals surface area contributed by atoms with Gasteiger partial charge >= 0.3 is 0 Å².